The molecule has 1 aliphatic carbocycles. The van der Waals surface area contributed by atoms with E-state index in [1.54, 1.807) is 17.6 Å². The van der Waals surface area contributed by atoms with Crippen LogP contribution in [0, 0.1) is 6.92 Å². The number of nitrogens with one attached hydrogen (secondary N) is 1. The zero-order valence-corrected chi connectivity index (χ0v) is 23.5. The second-order valence-corrected chi connectivity index (χ2v) is 11.4. The quantitative estimate of drug-likeness (QED) is 0.309. The van der Waals surface area contributed by atoms with Gasteiger partial charge in [-0.05, 0) is 64.5 Å². The smallest absolute Gasteiger partial charge is 0.329 e. The molecule has 0 atom stereocenters. The lowest BCUT2D eigenvalue weighted by molar-refractivity contribution is -0.145. The molecule has 2 N–H and O–H groups in total. The first-order chi connectivity index (χ1) is 18.2. The van der Waals surface area contributed by atoms with Crippen molar-refractivity contribution in [3.8, 4) is 28.3 Å². The van der Waals surface area contributed by atoms with Crippen molar-refractivity contribution in [2.45, 2.75) is 51.0 Å². The van der Waals surface area contributed by atoms with Crippen LogP contribution in [0.5, 0.6) is 5.75 Å². The maximum absolute atomic E-state index is 13.3. The van der Waals surface area contributed by atoms with Crippen molar-refractivity contribution in [2.24, 2.45) is 0 Å². The van der Waals surface area contributed by atoms with Gasteiger partial charge in [-0.3, -0.25) is 4.79 Å². The van der Waals surface area contributed by atoms with Crippen molar-refractivity contribution < 1.29 is 19.4 Å². The molecule has 0 spiro atoms. The number of benzene rings is 1. The number of halogens is 1. The van der Waals surface area contributed by atoms with Gasteiger partial charge in [-0.2, -0.15) is 0 Å². The van der Waals surface area contributed by atoms with Crippen LogP contribution in [0.25, 0.3) is 22.5 Å². The van der Waals surface area contributed by atoms with E-state index in [0.29, 0.717) is 35.9 Å². The van der Waals surface area contributed by atoms with Crippen molar-refractivity contribution in [2.75, 3.05) is 27.2 Å². The van der Waals surface area contributed by atoms with E-state index < -0.39 is 17.4 Å². The number of aromatic nitrogens is 2. The van der Waals surface area contributed by atoms with Crippen LogP contribution in [-0.2, 0) is 4.79 Å². The highest BCUT2D eigenvalue weighted by atomic mass is 35.5. The van der Waals surface area contributed by atoms with Gasteiger partial charge in [-0.1, -0.05) is 36.9 Å². The maximum Gasteiger partial charge on any atom is 0.329 e. The molecular weight excluding hydrogens is 524 g/mol. The fourth-order valence-electron chi connectivity index (χ4n) is 4.71. The number of pyridine rings is 1. The molecule has 38 heavy (non-hydrogen) atoms. The number of hydrogen-bond donors (Lipinski definition) is 2. The molecule has 0 saturated heterocycles. The Morgan fingerprint density at radius 2 is 1.92 bits per heavy atom. The van der Waals surface area contributed by atoms with Crippen molar-refractivity contribution >= 4 is 34.8 Å². The Bertz CT molecular complexity index is 1300. The number of rotatable bonds is 10. The molecule has 2 heterocycles. The van der Waals surface area contributed by atoms with E-state index in [1.807, 2.05) is 39.2 Å². The summed E-state index contributed by atoms with van der Waals surface area (Å²) >= 11 is 7.97. The van der Waals surface area contributed by atoms with Gasteiger partial charge >= 0.3 is 5.97 Å². The molecule has 1 aromatic carbocycles. The normalized spacial score (nSPS) is 14.9. The number of carbonyl (C=O) groups excluding carboxylic acids is 1. The SMILES string of the molecule is Cc1scnc1-c1ccc(C(=O)NC2(C(=O)O)CCCCC2)nc1-c1ccc(Cl)c(OCCCN(C)C)c1. The van der Waals surface area contributed by atoms with Crippen LogP contribution in [0.2, 0.25) is 5.02 Å². The zero-order chi connectivity index (χ0) is 27.3. The predicted octanol–water partition coefficient (Wildman–Crippen LogP) is 5.68. The van der Waals surface area contributed by atoms with Crippen LogP contribution in [0.4, 0.5) is 0 Å². The number of aliphatic carboxylic acids is 1. The second kappa shape index (κ2) is 12.2. The number of hydrogen-bond acceptors (Lipinski definition) is 7. The zero-order valence-electron chi connectivity index (χ0n) is 21.9. The Labute approximate surface area is 232 Å². The molecule has 0 bridgehead atoms. The van der Waals surface area contributed by atoms with E-state index in [9.17, 15) is 14.7 Å². The fourth-order valence-corrected chi connectivity index (χ4v) is 5.48. The highest BCUT2D eigenvalue weighted by molar-refractivity contribution is 7.10. The molecule has 1 fully saturated rings. The van der Waals surface area contributed by atoms with Gasteiger partial charge in [-0.25, -0.2) is 14.8 Å². The van der Waals surface area contributed by atoms with Crippen LogP contribution in [0.1, 0.15) is 53.9 Å². The molecule has 3 aromatic rings. The summed E-state index contributed by atoms with van der Waals surface area (Å²) < 4.78 is 5.98. The largest absolute Gasteiger partial charge is 0.492 e. The summed E-state index contributed by atoms with van der Waals surface area (Å²) in [5.74, 6) is -0.979. The average molecular weight is 557 g/mol. The van der Waals surface area contributed by atoms with E-state index in [-0.39, 0.29) is 5.69 Å². The Balaban J connectivity index is 1.70. The van der Waals surface area contributed by atoms with Crippen LogP contribution in [0.3, 0.4) is 0 Å². The molecule has 0 radical (unpaired) electrons. The number of carboxylic acids is 1. The van der Waals surface area contributed by atoms with Gasteiger partial charge in [-0.15, -0.1) is 11.3 Å². The summed E-state index contributed by atoms with van der Waals surface area (Å²) in [7, 11) is 4.02. The topological polar surface area (TPSA) is 105 Å². The summed E-state index contributed by atoms with van der Waals surface area (Å²) in [6, 6.07) is 8.86. The third-order valence-electron chi connectivity index (χ3n) is 6.81. The molecular formula is C28H33ClN4O4S. The van der Waals surface area contributed by atoms with Gasteiger partial charge in [0.05, 0.1) is 28.5 Å². The lowest BCUT2D eigenvalue weighted by Gasteiger charge is -2.33. The Morgan fingerprint density at radius 1 is 1.16 bits per heavy atom. The second-order valence-electron chi connectivity index (χ2n) is 9.90. The summed E-state index contributed by atoms with van der Waals surface area (Å²) in [6.45, 7) is 3.38. The number of amides is 1. The molecule has 0 unspecified atom stereocenters. The third kappa shape index (κ3) is 6.34. The van der Waals surface area contributed by atoms with Crippen molar-refractivity contribution in [1.82, 2.24) is 20.2 Å². The number of thiazole rings is 1. The Kier molecular flexibility index (Phi) is 9.02. The highest BCUT2D eigenvalue weighted by Gasteiger charge is 2.41. The standard InChI is InChI=1S/C28H33ClN4O4S/c1-18-24(30-17-38-18)20-9-11-22(26(34)32-28(27(35)36)12-5-4-6-13-28)31-25(20)19-8-10-21(29)23(16-19)37-15-7-14-33(2)3/h8-11,16-17H,4-7,12-15H2,1-3H3,(H,32,34)(H,35,36). The average Bonchev–Trinajstić information content (AvgIpc) is 3.33. The molecule has 4 rings (SSSR count). The van der Waals surface area contributed by atoms with Gasteiger partial charge < -0.3 is 20.1 Å². The number of ether oxygens (including phenoxy) is 1. The number of carboxylic acid groups (broad SMARTS) is 1. The molecule has 10 heteroatoms. The number of aryl methyl sites for hydroxylation is 1. The van der Waals surface area contributed by atoms with Gasteiger partial charge in [0, 0.05) is 22.5 Å². The lowest BCUT2D eigenvalue weighted by Crippen LogP contribution is -2.55. The van der Waals surface area contributed by atoms with Gasteiger partial charge in [0.15, 0.2) is 0 Å². The van der Waals surface area contributed by atoms with E-state index in [4.69, 9.17) is 21.3 Å². The minimum atomic E-state index is -1.27. The molecule has 1 amide bonds. The molecule has 0 aliphatic heterocycles. The van der Waals surface area contributed by atoms with E-state index in [1.165, 1.54) is 11.3 Å². The highest BCUT2D eigenvalue weighted by Crippen LogP contribution is 2.37. The Hall–Kier alpha value is -3.01. The first kappa shape index (κ1) is 28.0. The van der Waals surface area contributed by atoms with Gasteiger partial charge in [0.1, 0.15) is 17.0 Å². The number of carbonyl (C=O) groups is 2. The summed E-state index contributed by atoms with van der Waals surface area (Å²) in [6.07, 6.45) is 4.14. The minimum absolute atomic E-state index is 0.145. The molecule has 1 aliphatic rings. The van der Waals surface area contributed by atoms with Crippen LogP contribution in [0.15, 0.2) is 35.8 Å². The van der Waals surface area contributed by atoms with E-state index in [2.05, 4.69) is 15.2 Å². The monoisotopic (exact) mass is 556 g/mol. The maximum atomic E-state index is 13.3. The van der Waals surface area contributed by atoms with Gasteiger partial charge in [0.2, 0.25) is 0 Å². The third-order valence-corrected chi connectivity index (χ3v) is 7.88. The van der Waals surface area contributed by atoms with Crippen LogP contribution < -0.4 is 10.1 Å². The number of nitrogens with zero attached hydrogens (tertiary/aromatic N) is 3. The summed E-state index contributed by atoms with van der Waals surface area (Å²) in [5, 5.41) is 13.2. The Morgan fingerprint density at radius 3 is 2.58 bits per heavy atom. The molecule has 2 aromatic heterocycles. The van der Waals surface area contributed by atoms with Crippen LogP contribution in [-0.4, -0.2) is 64.6 Å². The van der Waals surface area contributed by atoms with Crippen molar-refractivity contribution in [1.29, 1.82) is 0 Å². The lowest BCUT2D eigenvalue weighted by atomic mass is 9.81. The minimum Gasteiger partial charge on any atom is -0.492 e. The molecule has 8 nitrogen and oxygen atoms in total. The van der Waals surface area contributed by atoms with Crippen LogP contribution >= 0.6 is 22.9 Å². The van der Waals surface area contributed by atoms with Crippen molar-refractivity contribution in [3.63, 3.8) is 0 Å². The predicted molar refractivity (Wildman–Crippen MR) is 150 cm³/mol. The van der Waals surface area contributed by atoms with E-state index >= 15 is 0 Å². The first-order valence-electron chi connectivity index (χ1n) is 12.7. The fraction of sp³-hybridized carbons (Fsp3) is 0.429. The van der Waals surface area contributed by atoms with E-state index in [0.717, 1.165) is 53.9 Å². The molecule has 202 valence electrons. The van der Waals surface area contributed by atoms with Gasteiger partial charge in [0.25, 0.3) is 5.91 Å². The molecule has 1 saturated carbocycles. The summed E-state index contributed by atoms with van der Waals surface area (Å²) in [4.78, 5) is 37.8. The summed E-state index contributed by atoms with van der Waals surface area (Å²) in [5.41, 5.74) is 3.47. The first-order valence-corrected chi connectivity index (χ1v) is 14.0. The van der Waals surface area contributed by atoms with Crippen molar-refractivity contribution in [3.05, 3.63) is 51.4 Å².